The highest BCUT2D eigenvalue weighted by molar-refractivity contribution is 7.99. The summed E-state index contributed by atoms with van der Waals surface area (Å²) in [6.07, 6.45) is 2.73. The predicted octanol–water partition coefficient (Wildman–Crippen LogP) is 4.26. The molecule has 2 aliphatic rings. The molecule has 3 heterocycles. The second-order valence-corrected chi connectivity index (χ2v) is 6.08. The summed E-state index contributed by atoms with van der Waals surface area (Å²) in [5.41, 5.74) is 2.78. The Hall–Kier alpha value is -2.20. The van der Waals surface area contributed by atoms with Gasteiger partial charge < -0.3 is 9.47 Å². The summed E-state index contributed by atoms with van der Waals surface area (Å²) in [4.78, 5) is 5.39. The Labute approximate surface area is 134 Å². The predicted molar refractivity (Wildman–Crippen MR) is 89.5 cm³/mol. The molecule has 1 aromatic heterocycles. The van der Waals surface area contributed by atoms with E-state index in [0.717, 1.165) is 12.2 Å². The molecular weight excluding hydrogens is 294 g/mol. The third-order valence-corrected chi connectivity index (χ3v) is 4.47. The molecule has 2 aromatic rings. The molecule has 4 rings (SSSR count). The lowest BCUT2D eigenvalue weighted by Crippen LogP contribution is -2.13. The summed E-state index contributed by atoms with van der Waals surface area (Å²) in [6.45, 7) is 8.03. The van der Waals surface area contributed by atoms with Gasteiger partial charge in [0, 0.05) is 16.8 Å². The molecule has 0 spiro atoms. The highest BCUT2D eigenvalue weighted by atomic mass is 32.2. The molecule has 0 amide bonds. The molecule has 0 N–H and O–H groups in total. The molecule has 2 aliphatic heterocycles. The SMILES string of the molecule is C=C1COc2cccnc2O1.C=C1CSc2ccccc2C1. The van der Waals surface area contributed by atoms with Gasteiger partial charge in [-0.2, -0.15) is 0 Å². The first-order valence-corrected chi connectivity index (χ1v) is 8.02. The second kappa shape index (κ2) is 6.71. The number of nitrogens with zero attached hydrogens (tertiary/aromatic N) is 1. The van der Waals surface area contributed by atoms with E-state index in [1.165, 1.54) is 16.0 Å². The van der Waals surface area contributed by atoms with Crippen LogP contribution >= 0.6 is 11.8 Å². The van der Waals surface area contributed by atoms with Gasteiger partial charge >= 0.3 is 0 Å². The van der Waals surface area contributed by atoms with Crippen LogP contribution in [-0.4, -0.2) is 17.3 Å². The summed E-state index contributed by atoms with van der Waals surface area (Å²) in [5, 5.41) is 0. The minimum Gasteiger partial charge on any atom is -0.480 e. The fourth-order valence-electron chi connectivity index (χ4n) is 2.18. The highest BCUT2D eigenvalue weighted by Crippen LogP contribution is 2.31. The van der Waals surface area contributed by atoms with Crippen molar-refractivity contribution >= 4 is 11.8 Å². The van der Waals surface area contributed by atoms with E-state index in [2.05, 4.69) is 42.4 Å². The van der Waals surface area contributed by atoms with Crippen LogP contribution in [0.25, 0.3) is 0 Å². The quantitative estimate of drug-likeness (QED) is 0.680. The Morgan fingerprint density at radius 1 is 1.09 bits per heavy atom. The smallest absolute Gasteiger partial charge is 0.262 e. The Kier molecular flexibility index (Phi) is 4.49. The van der Waals surface area contributed by atoms with Crippen molar-refractivity contribution in [1.82, 2.24) is 4.98 Å². The molecular formula is C18H17NO2S. The molecule has 112 valence electrons. The van der Waals surface area contributed by atoms with Gasteiger partial charge in [-0.3, -0.25) is 0 Å². The lowest BCUT2D eigenvalue weighted by atomic mass is 10.1. The topological polar surface area (TPSA) is 31.4 Å². The average Bonchev–Trinajstić information content (AvgIpc) is 2.55. The third kappa shape index (κ3) is 3.52. The van der Waals surface area contributed by atoms with Crippen LogP contribution in [0.3, 0.4) is 0 Å². The number of aromatic nitrogens is 1. The lowest BCUT2D eigenvalue weighted by molar-refractivity contribution is 0.226. The van der Waals surface area contributed by atoms with Crippen molar-refractivity contribution in [1.29, 1.82) is 0 Å². The van der Waals surface area contributed by atoms with Crippen LogP contribution in [0.2, 0.25) is 0 Å². The van der Waals surface area contributed by atoms with Gasteiger partial charge in [-0.15, -0.1) is 11.8 Å². The zero-order chi connectivity index (χ0) is 15.4. The standard InChI is InChI=1S/C10H10S.C8H7NO2/c1-8-6-9-4-2-3-5-10(9)11-7-8;1-6-5-10-7-3-2-4-9-8(7)11-6/h2-5H,1,6-7H2;2-4H,1,5H2. The Balaban J connectivity index is 0.000000131. The van der Waals surface area contributed by atoms with Crippen molar-refractivity contribution in [3.05, 3.63) is 72.6 Å². The van der Waals surface area contributed by atoms with Gasteiger partial charge in [0.15, 0.2) is 5.75 Å². The van der Waals surface area contributed by atoms with Crippen LogP contribution in [-0.2, 0) is 6.42 Å². The normalized spacial score (nSPS) is 15.5. The third-order valence-electron chi connectivity index (χ3n) is 3.21. The second-order valence-electron chi connectivity index (χ2n) is 5.06. The van der Waals surface area contributed by atoms with Gasteiger partial charge in [0.1, 0.15) is 12.4 Å². The van der Waals surface area contributed by atoms with Crippen molar-refractivity contribution < 1.29 is 9.47 Å². The van der Waals surface area contributed by atoms with Gasteiger partial charge in [0.25, 0.3) is 5.88 Å². The van der Waals surface area contributed by atoms with Crippen LogP contribution in [0.1, 0.15) is 5.56 Å². The number of thioether (sulfide) groups is 1. The first kappa shape index (κ1) is 14.7. The Morgan fingerprint density at radius 3 is 2.86 bits per heavy atom. The summed E-state index contributed by atoms with van der Waals surface area (Å²) in [7, 11) is 0. The minimum absolute atomic E-state index is 0.415. The Bertz CT molecular complexity index is 650. The maximum absolute atomic E-state index is 5.25. The maximum Gasteiger partial charge on any atom is 0.262 e. The van der Waals surface area contributed by atoms with Crippen LogP contribution < -0.4 is 9.47 Å². The van der Waals surface area contributed by atoms with Gasteiger partial charge in [-0.1, -0.05) is 36.9 Å². The molecule has 0 aliphatic carbocycles. The molecule has 0 atom stereocenters. The average molecular weight is 311 g/mol. The first-order valence-electron chi connectivity index (χ1n) is 7.03. The van der Waals surface area contributed by atoms with E-state index in [0.29, 0.717) is 24.0 Å². The molecule has 4 heteroatoms. The molecule has 1 aromatic carbocycles. The number of hydrogen-bond acceptors (Lipinski definition) is 4. The molecule has 0 radical (unpaired) electrons. The van der Waals surface area contributed by atoms with Crippen molar-refractivity contribution in [3.8, 4) is 11.6 Å². The van der Waals surface area contributed by atoms with E-state index in [4.69, 9.17) is 9.47 Å². The van der Waals surface area contributed by atoms with Gasteiger partial charge in [-0.05, 0) is 30.2 Å². The zero-order valence-electron chi connectivity index (χ0n) is 12.2. The highest BCUT2D eigenvalue weighted by Gasteiger charge is 2.13. The maximum atomic E-state index is 5.25. The lowest BCUT2D eigenvalue weighted by Gasteiger charge is -2.17. The monoisotopic (exact) mass is 311 g/mol. The first-order chi connectivity index (χ1) is 10.7. The molecule has 0 bridgehead atoms. The van der Waals surface area contributed by atoms with Crippen molar-refractivity contribution in [2.24, 2.45) is 0 Å². The zero-order valence-corrected chi connectivity index (χ0v) is 13.1. The number of hydrogen-bond donors (Lipinski definition) is 0. The van der Waals surface area contributed by atoms with Crippen LogP contribution in [0.15, 0.2) is 72.0 Å². The van der Waals surface area contributed by atoms with Crippen molar-refractivity contribution in [2.45, 2.75) is 11.3 Å². The van der Waals surface area contributed by atoms with E-state index < -0.39 is 0 Å². The van der Waals surface area contributed by atoms with Gasteiger partial charge in [-0.25, -0.2) is 4.98 Å². The number of pyridine rings is 1. The molecule has 0 saturated carbocycles. The number of fused-ring (bicyclic) bond motifs is 2. The van der Waals surface area contributed by atoms with Gasteiger partial charge in [0.05, 0.1) is 0 Å². The number of benzene rings is 1. The van der Waals surface area contributed by atoms with Crippen LogP contribution in [0.4, 0.5) is 0 Å². The number of rotatable bonds is 0. The molecule has 22 heavy (non-hydrogen) atoms. The summed E-state index contributed by atoms with van der Waals surface area (Å²) < 4.78 is 10.4. The van der Waals surface area contributed by atoms with Crippen molar-refractivity contribution in [2.75, 3.05) is 12.4 Å². The largest absolute Gasteiger partial charge is 0.480 e. The summed E-state index contributed by atoms with van der Waals surface area (Å²) in [5.74, 6) is 2.87. The van der Waals surface area contributed by atoms with E-state index in [1.54, 1.807) is 12.3 Å². The molecule has 0 unspecified atom stereocenters. The van der Waals surface area contributed by atoms with Crippen LogP contribution in [0.5, 0.6) is 11.6 Å². The fourth-order valence-corrected chi connectivity index (χ4v) is 3.14. The molecule has 0 saturated heterocycles. The van der Waals surface area contributed by atoms with Crippen LogP contribution in [0, 0.1) is 0 Å². The minimum atomic E-state index is 0.415. The fraction of sp³-hybridized carbons (Fsp3) is 0.167. The molecule has 3 nitrogen and oxygen atoms in total. The number of ether oxygens (including phenoxy) is 2. The molecule has 0 fully saturated rings. The van der Waals surface area contributed by atoms with E-state index in [1.807, 2.05) is 17.8 Å². The van der Waals surface area contributed by atoms with E-state index in [9.17, 15) is 0 Å². The van der Waals surface area contributed by atoms with E-state index >= 15 is 0 Å². The van der Waals surface area contributed by atoms with Gasteiger partial charge in [0.2, 0.25) is 0 Å². The summed E-state index contributed by atoms with van der Waals surface area (Å²) >= 11 is 1.90. The van der Waals surface area contributed by atoms with Crippen molar-refractivity contribution in [3.63, 3.8) is 0 Å². The summed E-state index contributed by atoms with van der Waals surface area (Å²) in [6, 6.07) is 12.2. The van der Waals surface area contributed by atoms with E-state index in [-0.39, 0.29) is 0 Å². The Morgan fingerprint density at radius 2 is 1.95 bits per heavy atom.